The van der Waals surface area contributed by atoms with Gasteiger partial charge in [0.1, 0.15) is 5.82 Å². The van der Waals surface area contributed by atoms with Crippen LogP contribution in [0.3, 0.4) is 0 Å². The maximum absolute atomic E-state index is 13.4. The molecule has 0 aliphatic heterocycles. The number of hydrogen-bond acceptors (Lipinski definition) is 3. The highest BCUT2D eigenvalue weighted by molar-refractivity contribution is 7.98. The predicted molar refractivity (Wildman–Crippen MR) is 125 cm³/mol. The van der Waals surface area contributed by atoms with Crippen molar-refractivity contribution in [3.05, 3.63) is 86.9 Å². The molecule has 0 radical (unpaired) electrons. The van der Waals surface area contributed by atoms with Gasteiger partial charge < -0.3 is 15.0 Å². The quantitative estimate of drug-likeness (QED) is 0.318. The molecule has 0 aliphatic rings. The summed E-state index contributed by atoms with van der Waals surface area (Å²) >= 11 is 7.90. The number of carboxylic acids is 1. The van der Waals surface area contributed by atoms with Crippen LogP contribution in [0.15, 0.2) is 47.4 Å². The minimum atomic E-state index is -0.950. The van der Waals surface area contributed by atoms with Gasteiger partial charge in [-0.15, -0.1) is 11.8 Å². The monoisotopic (exact) mass is 460 g/mol. The fourth-order valence-corrected chi connectivity index (χ4v) is 4.38. The molecular formula is C24H26ClFN2O2S. The number of nitrogens with zero attached hydrogens (tertiary/aromatic N) is 1. The van der Waals surface area contributed by atoms with Gasteiger partial charge in [0, 0.05) is 40.0 Å². The first-order chi connectivity index (χ1) is 14.8. The van der Waals surface area contributed by atoms with Crippen LogP contribution in [0, 0.1) is 19.7 Å². The van der Waals surface area contributed by atoms with E-state index in [1.807, 2.05) is 11.5 Å². The van der Waals surface area contributed by atoms with Crippen molar-refractivity contribution in [3.63, 3.8) is 0 Å². The molecule has 3 rings (SSSR count). The van der Waals surface area contributed by atoms with Crippen LogP contribution in [0.5, 0.6) is 0 Å². The molecule has 0 aliphatic carbocycles. The lowest BCUT2D eigenvalue weighted by molar-refractivity contribution is 0.0694. The maximum atomic E-state index is 13.4. The lowest BCUT2D eigenvalue weighted by atomic mass is 10.1. The highest BCUT2D eigenvalue weighted by Crippen LogP contribution is 2.26. The number of hydrogen-bond donors (Lipinski definition) is 2. The number of aromatic carboxylic acids is 1. The van der Waals surface area contributed by atoms with Gasteiger partial charge in [-0.05, 0) is 68.5 Å². The van der Waals surface area contributed by atoms with Gasteiger partial charge in [-0.3, -0.25) is 0 Å². The van der Waals surface area contributed by atoms with Crippen LogP contribution in [0.2, 0.25) is 5.02 Å². The van der Waals surface area contributed by atoms with Crippen molar-refractivity contribution in [3.8, 4) is 0 Å². The minimum absolute atomic E-state index is 0.313. The van der Waals surface area contributed by atoms with E-state index in [4.69, 9.17) is 11.6 Å². The summed E-state index contributed by atoms with van der Waals surface area (Å²) in [6.45, 7) is 5.30. The molecule has 1 heterocycles. The summed E-state index contributed by atoms with van der Waals surface area (Å²) in [5.41, 5.74) is 4.59. The largest absolute Gasteiger partial charge is 0.478 e. The molecule has 2 aromatic carbocycles. The molecule has 0 unspecified atom stereocenters. The Labute approximate surface area is 191 Å². The summed E-state index contributed by atoms with van der Waals surface area (Å²) in [5, 5.41) is 13.5. The molecule has 0 bridgehead atoms. The van der Waals surface area contributed by atoms with E-state index in [9.17, 15) is 14.3 Å². The summed E-state index contributed by atoms with van der Waals surface area (Å²) in [4.78, 5) is 13.2. The number of thioether (sulfide) groups is 1. The van der Waals surface area contributed by atoms with Crippen LogP contribution < -0.4 is 5.32 Å². The first-order valence-corrected chi connectivity index (χ1v) is 11.6. The van der Waals surface area contributed by atoms with Crippen LogP contribution >= 0.6 is 23.4 Å². The van der Waals surface area contributed by atoms with Gasteiger partial charge in [0.05, 0.1) is 5.56 Å². The second-order valence-electron chi connectivity index (χ2n) is 7.43. The third-order valence-corrected chi connectivity index (χ3v) is 6.61. The van der Waals surface area contributed by atoms with Crippen LogP contribution in [0.1, 0.15) is 38.4 Å². The van der Waals surface area contributed by atoms with Crippen molar-refractivity contribution < 1.29 is 14.3 Å². The molecule has 7 heteroatoms. The summed E-state index contributed by atoms with van der Waals surface area (Å²) in [5.74, 6) is -1.34. The first-order valence-electron chi connectivity index (χ1n) is 10.0. The van der Waals surface area contributed by atoms with Gasteiger partial charge in [-0.25, -0.2) is 9.18 Å². The third-order valence-electron chi connectivity index (χ3n) is 5.52. The molecule has 0 fully saturated rings. The smallest absolute Gasteiger partial charge is 0.337 e. The van der Waals surface area contributed by atoms with E-state index in [0.29, 0.717) is 29.4 Å². The zero-order valence-corrected chi connectivity index (χ0v) is 19.4. The molecule has 4 nitrogen and oxygen atoms in total. The van der Waals surface area contributed by atoms with E-state index in [0.717, 1.165) is 29.8 Å². The van der Waals surface area contributed by atoms with E-state index in [1.54, 1.807) is 24.8 Å². The van der Waals surface area contributed by atoms with E-state index in [-0.39, 0.29) is 0 Å². The molecule has 3 aromatic rings. The number of rotatable bonds is 9. The highest BCUT2D eigenvalue weighted by Gasteiger charge is 2.22. The van der Waals surface area contributed by atoms with Gasteiger partial charge in [0.25, 0.3) is 0 Å². The normalized spacial score (nSPS) is 11.1. The highest BCUT2D eigenvalue weighted by atomic mass is 35.5. The summed E-state index contributed by atoms with van der Waals surface area (Å²) in [6, 6.07) is 12.7. The van der Waals surface area contributed by atoms with Gasteiger partial charge in [-0.2, -0.15) is 0 Å². The zero-order valence-electron chi connectivity index (χ0n) is 17.8. The molecule has 0 spiro atoms. The van der Waals surface area contributed by atoms with Crippen molar-refractivity contribution >= 4 is 29.3 Å². The van der Waals surface area contributed by atoms with Crippen LogP contribution in [0.4, 0.5) is 4.39 Å². The summed E-state index contributed by atoms with van der Waals surface area (Å²) in [6.07, 6.45) is 2.91. The second-order valence-corrected chi connectivity index (χ2v) is 8.71. The standard InChI is InChI=1S/C24H26ClFN2O2S/c1-15-21(13-27-11-10-17-4-8-20(31-3)9-5-17)23(24(29)30)16(2)28(15)14-18-6-7-19(26)12-22(18)25/h4-9,12,27H,10-11,13-14H2,1-3H3,(H,29,30). The Bertz CT molecular complexity index is 1080. The Morgan fingerprint density at radius 3 is 2.48 bits per heavy atom. The molecular weight excluding hydrogens is 435 g/mol. The SMILES string of the molecule is CSc1ccc(CCNCc2c(C(=O)O)c(C)n(Cc3ccc(F)cc3Cl)c2C)cc1. The van der Waals surface area contributed by atoms with Crippen LogP contribution in [0.25, 0.3) is 0 Å². The topological polar surface area (TPSA) is 54.3 Å². The average molecular weight is 461 g/mol. The van der Waals surface area contributed by atoms with E-state index in [2.05, 4.69) is 35.8 Å². The minimum Gasteiger partial charge on any atom is -0.478 e. The van der Waals surface area contributed by atoms with Crippen LogP contribution in [-0.2, 0) is 19.5 Å². The Balaban J connectivity index is 1.74. The Morgan fingerprint density at radius 1 is 1.16 bits per heavy atom. The Kier molecular flexibility index (Phi) is 7.81. The van der Waals surface area contributed by atoms with Crippen molar-refractivity contribution in [1.82, 2.24) is 9.88 Å². The van der Waals surface area contributed by atoms with E-state index >= 15 is 0 Å². The zero-order chi connectivity index (χ0) is 22.5. The lowest BCUT2D eigenvalue weighted by Gasteiger charge is -2.12. The fraction of sp³-hybridized carbons (Fsp3) is 0.292. The third kappa shape index (κ3) is 5.50. The second kappa shape index (κ2) is 10.4. The molecule has 0 atom stereocenters. The van der Waals surface area contributed by atoms with E-state index in [1.165, 1.54) is 22.6 Å². The maximum Gasteiger partial charge on any atom is 0.337 e. The van der Waals surface area contributed by atoms with Crippen LogP contribution in [-0.4, -0.2) is 28.4 Å². The molecule has 0 amide bonds. The molecule has 164 valence electrons. The van der Waals surface area contributed by atoms with Crippen molar-refractivity contribution in [2.75, 3.05) is 12.8 Å². The molecule has 0 saturated carbocycles. The van der Waals surface area contributed by atoms with E-state index < -0.39 is 11.8 Å². The predicted octanol–water partition coefficient (Wildman–Crippen LogP) is 5.70. The molecule has 0 saturated heterocycles. The number of halogens is 2. The first kappa shape index (κ1) is 23.4. The molecule has 1 aromatic heterocycles. The Hall–Kier alpha value is -2.28. The summed E-state index contributed by atoms with van der Waals surface area (Å²) < 4.78 is 15.3. The van der Waals surface area contributed by atoms with Crippen molar-refractivity contribution in [2.45, 2.75) is 38.3 Å². The number of aromatic nitrogens is 1. The van der Waals surface area contributed by atoms with Crippen molar-refractivity contribution in [2.24, 2.45) is 0 Å². The number of carboxylic acid groups (broad SMARTS) is 1. The number of nitrogens with one attached hydrogen (secondary N) is 1. The molecule has 2 N–H and O–H groups in total. The Morgan fingerprint density at radius 2 is 1.87 bits per heavy atom. The fourth-order valence-electron chi connectivity index (χ4n) is 3.74. The average Bonchev–Trinajstić information content (AvgIpc) is 2.97. The van der Waals surface area contributed by atoms with Gasteiger partial charge in [0.2, 0.25) is 0 Å². The number of carbonyl (C=O) groups is 1. The lowest BCUT2D eigenvalue weighted by Crippen LogP contribution is -2.18. The number of benzene rings is 2. The van der Waals surface area contributed by atoms with Gasteiger partial charge in [-0.1, -0.05) is 29.8 Å². The summed E-state index contributed by atoms with van der Waals surface area (Å²) in [7, 11) is 0. The van der Waals surface area contributed by atoms with Crippen molar-refractivity contribution in [1.29, 1.82) is 0 Å². The molecule has 31 heavy (non-hydrogen) atoms. The van der Waals surface area contributed by atoms with Gasteiger partial charge >= 0.3 is 5.97 Å². The van der Waals surface area contributed by atoms with Gasteiger partial charge in [0.15, 0.2) is 0 Å².